The molecule has 0 spiro atoms. The van der Waals surface area contributed by atoms with Crippen LogP contribution in [0.2, 0.25) is 0 Å². The van der Waals surface area contributed by atoms with Crippen molar-refractivity contribution in [3.63, 3.8) is 0 Å². The second kappa shape index (κ2) is 4.67. The number of aliphatic carboxylic acids is 1. The lowest BCUT2D eigenvalue weighted by Crippen LogP contribution is -2.06. The molecule has 16 heavy (non-hydrogen) atoms. The van der Waals surface area contributed by atoms with Crippen LogP contribution in [0.4, 0.5) is 10.1 Å². The summed E-state index contributed by atoms with van der Waals surface area (Å²) < 4.78 is 12.9. The first-order valence-corrected chi connectivity index (χ1v) is 4.25. The first kappa shape index (κ1) is 12.1. The van der Waals surface area contributed by atoms with Crippen molar-refractivity contribution in [3.05, 3.63) is 39.7 Å². The molecule has 0 fully saturated rings. The highest BCUT2D eigenvalue weighted by molar-refractivity contribution is 5.67. The molecule has 0 aliphatic rings. The molecule has 0 bridgehead atoms. The van der Waals surface area contributed by atoms with Crippen LogP contribution >= 0.6 is 0 Å². The van der Waals surface area contributed by atoms with Crippen LogP contribution in [0.15, 0.2) is 18.2 Å². The van der Waals surface area contributed by atoms with E-state index in [0.29, 0.717) is 0 Å². The van der Waals surface area contributed by atoms with E-state index in [1.165, 1.54) is 0 Å². The number of hydrogen-bond donors (Lipinski definition) is 2. The molecule has 0 heterocycles. The molecule has 1 atom stereocenters. The third-order valence-electron chi connectivity index (χ3n) is 1.92. The lowest BCUT2D eigenvalue weighted by molar-refractivity contribution is -0.387. The van der Waals surface area contributed by atoms with E-state index in [2.05, 4.69) is 0 Å². The Morgan fingerprint density at radius 3 is 2.69 bits per heavy atom. The molecule has 0 saturated heterocycles. The fourth-order valence-electron chi connectivity index (χ4n) is 1.16. The van der Waals surface area contributed by atoms with Crippen LogP contribution in [0.3, 0.4) is 0 Å². The normalized spacial score (nSPS) is 12.1. The Bertz CT molecular complexity index is 434. The summed E-state index contributed by atoms with van der Waals surface area (Å²) in [6.45, 7) is 0. The molecule has 1 aromatic carbocycles. The Balaban J connectivity index is 3.02. The topological polar surface area (TPSA) is 101 Å². The van der Waals surface area contributed by atoms with Crippen molar-refractivity contribution in [3.8, 4) is 0 Å². The quantitative estimate of drug-likeness (QED) is 0.597. The van der Waals surface area contributed by atoms with Gasteiger partial charge in [-0.05, 0) is 11.6 Å². The Morgan fingerprint density at radius 1 is 1.56 bits per heavy atom. The van der Waals surface area contributed by atoms with Gasteiger partial charge in [0, 0.05) is 6.07 Å². The van der Waals surface area contributed by atoms with Crippen LogP contribution < -0.4 is 0 Å². The van der Waals surface area contributed by atoms with Gasteiger partial charge in [0.05, 0.1) is 17.4 Å². The molecule has 1 aromatic rings. The van der Waals surface area contributed by atoms with E-state index in [-0.39, 0.29) is 5.56 Å². The number of nitrogens with zero attached hydrogens (tertiary/aromatic N) is 1. The van der Waals surface area contributed by atoms with Gasteiger partial charge in [0.1, 0.15) is 0 Å². The van der Waals surface area contributed by atoms with Crippen molar-refractivity contribution in [2.45, 2.75) is 12.5 Å². The largest absolute Gasteiger partial charge is 0.481 e. The lowest BCUT2D eigenvalue weighted by atomic mass is 10.1. The van der Waals surface area contributed by atoms with Crippen LogP contribution in [0.25, 0.3) is 0 Å². The Labute approximate surface area is 89.1 Å². The van der Waals surface area contributed by atoms with Crippen LogP contribution in [-0.4, -0.2) is 21.1 Å². The zero-order valence-electron chi connectivity index (χ0n) is 7.96. The van der Waals surface area contributed by atoms with E-state index in [4.69, 9.17) is 5.11 Å². The number of aliphatic hydroxyl groups is 1. The second-order valence-electron chi connectivity index (χ2n) is 3.08. The van der Waals surface area contributed by atoms with Gasteiger partial charge in [-0.3, -0.25) is 14.9 Å². The lowest BCUT2D eigenvalue weighted by Gasteiger charge is -2.07. The van der Waals surface area contributed by atoms with Gasteiger partial charge in [0.2, 0.25) is 5.82 Å². The average molecular weight is 229 g/mol. The first-order chi connectivity index (χ1) is 7.41. The molecule has 1 rings (SSSR count). The predicted molar refractivity (Wildman–Crippen MR) is 50.3 cm³/mol. The van der Waals surface area contributed by atoms with Crippen molar-refractivity contribution in [1.29, 1.82) is 0 Å². The van der Waals surface area contributed by atoms with E-state index in [9.17, 15) is 24.4 Å². The summed E-state index contributed by atoms with van der Waals surface area (Å²) in [6, 6.07) is 2.75. The Morgan fingerprint density at radius 2 is 2.19 bits per heavy atom. The summed E-state index contributed by atoms with van der Waals surface area (Å²) in [5.41, 5.74) is -0.794. The molecule has 86 valence electrons. The smallest absolute Gasteiger partial charge is 0.306 e. The number of benzene rings is 1. The van der Waals surface area contributed by atoms with E-state index < -0.39 is 34.9 Å². The molecule has 1 unspecified atom stereocenters. The zero-order valence-corrected chi connectivity index (χ0v) is 7.96. The molecule has 0 amide bonds. The number of hydrogen-bond acceptors (Lipinski definition) is 4. The zero-order chi connectivity index (χ0) is 12.3. The van der Waals surface area contributed by atoms with E-state index in [1.807, 2.05) is 0 Å². The van der Waals surface area contributed by atoms with Crippen LogP contribution in [0, 0.1) is 15.9 Å². The molecular formula is C9H8FNO5. The van der Waals surface area contributed by atoms with Gasteiger partial charge < -0.3 is 10.2 Å². The van der Waals surface area contributed by atoms with Crippen LogP contribution in [0.5, 0.6) is 0 Å². The molecule has 0 aliphatic carbocycles. The molecule has 0 radical (unpaired) electrons. The van der Waals surface area contributed by atoms with Gasteiger partial charge in [0.15, 0.2) is 0 Å². The minimum atomic E-state index is -1.39. The maximum atomic E-state index is 12.9. The van der Waals surface area contributed by atoms with Gasteiger partial charge in [-0.25, -0.2) is 0 Å². The van der Waals surface area contributed by atoms with Crippen molar-refractivity contribution in [2.24, 2.45) is 0 Å². The standard InChI is InChI=1S/C9H8FNO5/c10-6-2-1-5(3-7(6)11(15)16)8(12)4-9(13)14/h1-3,8,12H,4H2,(H,13,14). The van der Waals surface area contributed by atoms with Crippen molar-refractivity contribution in [1.82, 2.24) is 0 Å². The SMILES string of the molecule is O=C(O)CC(O)c1ccc(F)c([N+](=O)[O-])c1. The molecule has 0 saturated carbocycles. The van der Waals surface area contributed by atoms with Gasteiger partial charge in [-0.1, -0.05) is 6.07 Å². The van der Waals surface area contributed by atoms with Crippen LogP contribution in [0.1, 0.15) is 18.1 Å². The van der Waals surface area contributed by atoms with Crippen molar-refractivity contribution >= 4 is 11.7 Å². The monoisotopic (exact) mass is 229 g/mol. The fraction of sp³-hybridized carbons (Fsp3) is 0.222. The maximum absolute atomic E-state index is 12.9. The van der Waals surface area contributed by atoms with Gasteiger partial charge in [-0.15, -0.1) is 0 Å². The predicted octanol–water partition coefficient (Wildman–Crippen LogP) is 1.24. The number of halogens is 1. The van der Waals surface area contributed by atoms with Gasteiger partial charge >= 0.3 is 11.7 Å². The Kier molecular flexibility index (Phi) is 3.51. The highest BCUT2D eigenvalue weighted by Gasteiger charge is 2.19. The van der Waals surface area contributed by atoms with E-state index in [1.54, 1.807) is 0 Å². The van der Waals surface area contributed by atoms with E-state index in [0.717, 1.165) is 18.2 Å². The molecule has 6 nitrogen and oxygen atoms in total. The maximum Gasteiger partial charge on any atom is 0.306 e. The number of nitro groups is 1. The molecule has 0 aliphatic heterocycles. The number of carbonyl (C=O) groups is 1. The fourth-order valence-corrected chi connectivity index (χ4v) is 1.16. The second-order valence-corrected chi connectivity index (χ2v) is 3.08. The summed E-state index contributed by atoms with van der Waals surface area (Å²) >= 11 is 0. The molecule has 0 aromatic heterocycles. The third-order valence-corrected chi connectivity index (χ3v) is 1.92. The average Bonchev–Trinajstić information content (AvgIpc) is 2.16. The van der Waals surface area contributed by atoms with Crippen molar-refractivity contribution in [2.75, 3.05) is 0 Å². The van der Waals surface area contributed by atoms with Crippen LogP contribution in [-0.2, 0) is 4.79 Å². The molecule has 2 N–H and O–H groups in total. The minimum Gasteiger partial charge on any atom is -0.481 e. The summed E-state index contributed by atoms with van der Waals surface area (Å²) in [4.78, 5) is 19.7. The van der Waals surface area contributed by atoms with Crippen molar-refractivity contribution < 1.29 is 24.3 Å². The molecular weight excluding hydrogens is 221 g/mol. The van der Waals surface area contributed by atoms with Gasteiger partial charge in [-0.2, -0.15) is 4.39 Å². The number of rotatable bonds is 4. The Hall–Kier alpha value is -2.02. The number of nitro benzene ring substituents is 1. The first-order valence-electron chi connectivity index (χ1n) is 4.25. The third kappa shape index (κ3) is 2.74. The summed E-state index contributed by atoms with van der Waals surface area (Å²) in [5.74, 6) is -2.28. The number of aliphatic hydroxyl groups excluding tert-OH is 1. The molecule has 7 heteroatoms. The highest BCUT2D eigenvalue weighted by atomic mass is 19.1. The number of carboxylic acids is 1. The van der Waals surface area contributed by atoms with Gasteiger partial charge in [0.25, 0.3) is 0 Å². The van der Waals surface area contributed by atoms with E-state index >= 15 is 0 Å². The minimum absolute atomic E-state index is 0.00417. The highest BCUT2D eigenvalue weighted by Crippen LogP contribution is 2.24. The summed E-state index contributed by atoms with van der Waals surface area (Å²) in [6.07, 6.45) is -1.99. The summed E-state index contributed by atoms with van der Waals surface area (Å²) in [5, 5.41) is 28.2. The summed E-state index contributed by atoms with van der Waals surface area (Å²) in [7, 11) is 0. The number of carboxylic acid groups (broad SMARTS) is 1.